The van der Waals surface area contributed by atoms with Crippen LogP contribution in [0.3, 0.4) is 0 Å². The van der Waals surface area contributed by atoms with Crippen LogP contribution in [0, 0.1) is 13.8 Å². The lowest BCUT2D eigenvalue weighted by Crippen LogP contribution is -2.00. The molecule has 0 aliphatic heterocycles. The van der Waals surface area contributed by atoms with Crippen molar-refractivity contribution in [2.45, 2.75) is 13.8 Å². The van der Waals surface area contributed by atoms with Gasteiger partial charge in [-0.25, -0.2) is 4.79 Å². The molecule has 0 spiro atoms. The maximum Gasteiger partial charge on any atom is 0.336 e. The molecule has 2 aromatic rings. The lowest BCUT2D eigenvalue weighted by molar-refractivity contribution is -0.130. The summed E-state index contributed by atoms with van der Waals surface area (Å²) in [5.41, 5.74) is 4.19. The molecule has 0 saturated carbocycles. The maximum atomic E-state index is 11.4. The average Bonchev–Trinajstić information content (AvgIpc) is 2.40. The molecule has 2 rings (SSSR count). The first kappa shape index (κ1) is 13.1. The summed E-state index contributed by atoms with van der Waals surface area (Å²) in [5.74, 6) is -0.910. The number of aliphatic carboxylic acids is 1. The van der Waals surface area contributed by atoms with E-state index >= 15 is 0 Å². The van der Waals surface area contributed by atoms with Gasteiger partial charge in [0.15, 0.2) is 0 Å². The molecule has 0 bridgehead atoms. The van der Waals surface area contributed by atoms with Gasteiger partial charge in [0.2, 0.25) is 0 Å². The van der Waals surface area contributed by atoms with Gasteiger partial charge in [0.05, 0.1) is 5.57 Å². The Bertz CT molecular complexity index is 625. The van der Waals surface area contributed by atoms with Crippen molar-refractivity contribution in [3.63, 3.8) is 0 Å². The molecular formula is C17H16O2. The number of hydrogen-bond donors (Lipinski definition) is 1. The SMILES string of the molecule is Cc1ccc(/C(=C\c2ccccc2)C(=O)O)cc1C. The zero-order valence-corrected chi connectivity index (χ0v) is 11.1. The molecular weight excluding hydrogens is 236 g/mol. The first-order valence-corrected chi connectivity index (χ1v) is 6.15. The van der Waals surface area contributed by atoms with E-state index < -0.39 is 5.97 Å². The fourth-order valence-corrected chi connectivity index (χ4v) is 1.89. The first-order chi connectivity index (χ1) is 9.08. The van der Waals surface area contributed by atoms with Crippen molar-refractivity contribution < 1.29 is 9.90 Å². The van der Waals surface area contributed by atoms with Crippen LogP contribution in [0.1, 0.15) is 22.3 Å². The van der Waals surface area contributed by atoms with Gasteiger partial charge in [-0.15, -0.1) is 0 Å². The standard InChI is InChI=1S/C17H16O2/c1-12-8-9-15(10-13(12)2)16(17(18)19)11-14-6-4-3-5-7-14/h3-11H,1-2H3,(H,18,19)/b16-11+. The van der Waals surface area contributed by atoms with E-state index in [4.69, 9.17) is 0 Å². The second-order valence-electron chi connectivity index (χ2n) is 4.57. The van der Waals surface area contributed by atoms with Gasteiger partial charge < -0.3 is 5.11 Å². The minimum absolute atomic E-state index is 0.314. The van der Waals surface area contributed by atoms with Gasteiger partial charge in [-0.3, -0.25) is 0 Å². The van der Waals surface area contributed by atoms with Crippen LogP contribution in [0.15, 0.2) is 48.5 Å². The smallest absolute Gasteiger partial charge is 0.336 e. The molecule has 0 radical (unpaired) electrons. The molecule has 0 amide bonds. The van der Waals surface area contributed by atoms with Crippen molar-refractivity contribution >= 4 is 17.6 Å². The molecule has 0 aliphatic rings. The Morgan fingerprint density at radius 1 is 1.00 bits per heavy atom. The molecule has 0 heterocycles. The van der Waals surface area contributed by atoms with Crippen LogP contribution in [0.5, 0.6) is 0 Å². The number of rotatable bonds is 3. The van der Waals surface area contributed by atoms with E-state index in [0.29, 0.717) is 5.57 Å². The second kappa shape index (κ2) is 5.53. The number of benzene rings is 2. The number of carbonyl (C=O) groups is 1. The van der Waals surface area contributed by atoms with E-state index in [0.717, 1.165) is 22.3 Å². The van der Waals surface area contributed by atoms with E-state index in [1.807, 2.05) is 62.4 Å². The van der Waals surface area contributed by atoms with Crippen LogP contribution < -0.4 is 0 Å². The van der Waals surface area contributed by atoms with Crippen LogP contribution in [0.2, 0.25) is 0 Å². The molecule has 2 nitrogen and oxygen atoms in total. The zero-order valence-electron chi connectivity index (χ0n) is 11.1. The molecule has 0 fully saturated rings. The summed E-state index contributed by atoms with van der Waals surface area (Å²) < 4.78 is 0. The summed E-state index contributed by atoms with van der Waals surface area (Å²) in [6, 6.07) is 15.2. The fraction of sp³-hybridized carbons (Fsp3) is 0.118. The average molecular weight is 252 g/mol. The Morgan fingerprint density at radius 2 is 1.68 bits per heavy atom. The van der Waals surface area contributed by atoms with Crippen molar-refractivity contribution in [3.8, 4) is 0 Å². The number of aryl methyl sites for hydroxylation is 2. The Kier molecular flexibility index (Phi) is 3.81. The van der Waals surface area contributed by atoms with Crippen LogP contribution in [0.25, 0.3) is 11.6 Å². The van der Waals surface area contributed by atoms with Gasteiger partial charge in [-0.1, -0.05) is 48.5 Å². The molecule has 2 heteroatoms. The summed E-state index contributed by atoms with van der Waals surface area (Å²) in [7, 11) is 0. The molecule has 0 aromatic heterocycles. The number of carboxylic acid groups (broad SMARTS) is 1. The van der Waals surface area contributed by atoms with E-state index in [9.17, 15) is 9.90 Å². The third kappa shape index (κ3) is 3.10. The quantitative estimate of drug-likeness (QED) is 0.664. The number of carboxylic acids is 1. The van der Waals surface area contributed by atoms with E-state index in [1.165, 1.54) is 0 Å². The Balaban J connectivity index is 2.49. The van der Waals surface area contributed by atoms with Gasteiger partial charge in [0.25, 0.3) is 0 Å². The van der Waals surface area contributed by atoms with Crippen molar-refractivity contribution in [3.05, 3.63) is 70.8 Å². The van der Waals surface area contributed by atoms with E-state index in [1.54, 1.807) is 6.08 Å². The molecule has 0 unspecified atom stereocenters. The van der Waals surface area contributed by atoms with Crippen molar-refractivity contribution in [2.24, 2.45) is 0 Å². The predicted molar refractivity (Wildman–Crippen MR) is 77.9 cm³/mol. The summed E-state index contributed by atoms with van der Waals surface area (Å²) in [6.07, 6.45) is 1.70. The van der Waals surface area contributed by atoms with Crippen LogP contribution >= 0.6 is 0 Å². The first-order valence-electron chi connectivity index (χ1n) is 6.15. The highest BCUT2D eigenvalue weighted by Gasteiger charge is 2.11. The van der Waals surface area contributed by atoms with Crippen molar-refractivity contribution in [2.75, 3.05) is 0 Å². The minimum Gasteiger partial charge on any atom is -0.478 e. The van der Waals surface area contributed by atoms with Gasteiger partial charge in [0.1, 0.15) is 0 Å². The molecule has 96 valence electrons. The lowest BCUT2D eigenvalue weighted by atomic mass is 9.99. The molecule has 0 saturated heterocycles. The topological polar surface area (TPSA) is 37.3 Å². The third-order valence-electron chi connectivity index (χ3n) is 3.16. The maximum absolute atomic E-state index is 11.4. The highest BCUT2D eigenvalue weighted by molar-refractivity contribution is 6.20. The molecule has 1 N–H and O–H groups in total. The summed E-state index contributed by atoms with van der Waals surface area (Å²) in [4.78, 5) is 11.4. The highest BCUT2D eigenvalue weighted by atomic mass is 16.4. The van der Waals surface area contributed by atoms with Crippen molar-refractivity contribution in [1.82, 2.24) is 0 Å². The molecule has 19 heavy (non-hydrogen) atoms. The summed E-state index contributed by atoms with van der Waals surface area (Å²) >= 11 is 0. The van der Waals surface area contributed by atoms with Crippen molar-refractivity contribution in [1.29, 1.82) is 0 Å². The minimum atomic E-state index is -0.910. The Morgan fingerprint density at radius 3 is 2.26 bits per heavy atom. The van der Waals surface area contributed by atoms with Gasteiger partial charge in [-0.2, -0.15) is 0 Å². The normalized spacial score (nSPS) is 11.4. The van der Waals surface area contributed by atoms with Crippen LogP contribution in [0.4, 0.5) is 0 Å². The fourth-order valence-electron chi connectivity index (χ4n) is 1.89. The van der Waals surface area contributed by atoms with Crippen LogP contribution in [-0.4, -0.2) is 11.1 Å². The monoisotopic (exact) mass is 252 g/mol. The Hall–Kier alpha value is -2.35. The second-order valence-corrected chi connectivity index (χ2v) is 4.57. The predicted octanol–water partition coefficient (Wildman–Crippen LogP) is 3.93. The highest BCUT2D eigenvalue weighted by Crippen LogP contribution is 2.21. The third-order valence-corrected chi connectivity index (χ3v) is 3.16. The Labute approximate surface area is 113 Å². The summed E-state index contributed by atoms with van der Waals surface area (Å²) in [6.45, 7) is 4.00. The van der Waals surface area contributed by atoms with Crippen LogP contribution in [-0.2, 0) is 4.79 Å². The molecule has 0 aliphatic carbocycles. The van der Waals surface area contributed by atoms with E-state index in [-0.39, 0.29) is 0 Å². The summed E-state index contributed by atoms with van der Waals surface area (Å²) in [5, 5.41) is 9.38. The largest absolute Gasteiger partial charge is 0.478 e. The zero-order chi connectivity index (χ0) is 13.8. The van der Waals surface area contributed by atoms with Gasteiger partial charge in [-0.05, 0) is 42.2 Å². The van der Waals surface area contributed by atoms with E-state index in [2.05, 4.69) is 0 Å². The number of hydrogen-bond acceptors (Lipinski definition) is 1. The molecule has 0 atom stereocenters. The van der Waals surface area contributed by atoms with Gasteiger partial charge in [0, 0.05) is 0 Å². The molecule has 2 aromatic carbocycles. The van der Waals surface area contributed by atoms with Gasteiger partial charge >= 0.3 is 5.97 Å². The lowest BCUT2D eigenvalue weighted by Gasteiger charge is -2.06.